The summed E-state index contributed by atoms with van der Waals surface area (Å²) in [6, 6.07) is 18.2. The number of hydrogen-bond donors (Lipinski definition) is 1. The van der Waals surface area contributed by atoms with E-state index in [1.165, 1.54) is 12.1 Å². The van der Waals surface area contributed by atoms with E-state index >= 15 is 0 Å². The second kappa shape index (κ2) is 7.56. The topological polar surface area (TPSA) is 113 Å². The van der Waals surface area contributed by atoms with E-state index in [4.69, 9.17) is 5.73 Å². The predicted molar refractivity (Wildman–Crippen MR) is 104 cm³/mol. The molecule has 7 nitrogen and oxygen atoms in total. The van der Waals surface area contributed by atoms with E-state index in [0.717, 1.165) is 11.6 Å². The number of nitrogens with zero attached hydrogens (tertiary/aromatic N) is 2. The van der Waals surface area contributed by atoms with E-state index in [2.05, 4.69) is 0 Å². The Bertz CT molecular complexity index is 1020. The molecule has 0 aliphatic heterocycles. The third kappa shape index (κ3) is 3.97. The van der Waals surface area contributed by atoms with Gasteiger partial charge in [0.05, 0.1) is 4.92 Å². The summed E-state index contributed by atoms with van der Waals surface area (Å²) in [6.07, 6.45) is 0. The molecule has 0 heterocycles. The first-order valence-electron chi connectivity index (χ1n) is 7.97. The molecule has 0 fully saturated rings. The summed E-state index contributed by atoms with van der Waals surface area (Å²) in [7, 11) is 0. The first-order chi connectivity index (χ1) is 12.9. The van der Waals surface area contributed by atoms with Crippen molar-refractivity contribution < 1.29 is 13.7 Å². The van der Waals surface area contributed by atoms with E-state index in [9.17, 15) is 18.9 Å². The normalized spacial score (nSPS) is 11.8. The Labute approximate surface area is 158 Å². The Hall–Kier alpha value is -3.23. The number of nitro benzene ring substituents is 1. The van der Waals surface area contributed by atoms with Crippen LogP contribution in [0, 0.1) is 17.0 Å². The molecule has 27 heavy (non-hydrogen) atoms. The number of benzene rings is 3. The zero-order valence-electron chi connectivity index (χ0n) is 14.4. The van der Waals surface area contributed by atoms with Gasteiger partial charge in [-0.3, -0.25) is 14.3 Å². The molecular formula is C19H16N3O4S-. The van der Waals surface area contributed by atoms with Crippen LogP contribution in [0.2, 0.25) is 0 Å². The van der Waals surface area contributed by atoms with Gasteiger partial charge in [-0.1, -0.05) is 12.1 Å². The average Bonchev–Trinajstić information content (AvgIpc) is 2.63. The zero-order valence-corrected chi connectivity index (χ0v) is 15.2. The molecule has 3 rings (SSSR count). The van der Waals surface area contributed by atoms with Gasteiger partial charge in [-0.2, -0.15) is 0 Å². The maximum atomic E-state index is 11.6. The lowest BCUT2D eigenvalue weighted by Gasteiger charge is -2.26. The van der Waals surface area contributed by atoms with Gasteiger partial charge in [0.15, 0.2) is 0 Å². The van der Waals surface area contributed by atoms with Crippen LogP contribution in [-0.2, 0) is 11.1 Å². The van der Waals surface area contributed by atoms with Crippen LogP contribution in [0.4, 0.5) is 28.4 Å². The van der Waals surface area contributed by atoms with Crippen molar-refractivity contribution in [3.8, 4) is 0 Å². The minimum absolute atomic E-state index is 0.146. The number of rotatable bonds is 5. The molecular weight excluding hydrogens is 366 g/mol. The van der Waals surface area contributed by atoms with Gasteiger partial charge in [0, 0.05) is 28.0 Å². The molecule has 1 unspecified atom stereocenters. The summed E-state index contributed by atoms with van der Waals surface area (Å²) >= 11 is -2.56. The molecule has 2 N–H and O–H groups in total. The fourth-order valence-corrected chi connectivity index (χ4v) is 3.15. The lowest BCUT2D eigenvalue weighted by Crippen LogP contribution is -2.12. The molecule has 3 aromatic carbocycles. The van der Waals surface area contributed by atoms with E-state index in [1.807, 2.05) is 31.2 Å². The predicted octanol–water partition coefficient (Wildman–Crippen LogP) is 4.19. The number of nitro groups is 1. The number of aryl methyl sites for hydroxylation is 1. The Morgan fingerprint density at radius 2 is 1.70 bits per heavy atom. The van der Waals surface area contributed by atoms with Gasteiger partial charge in [-0.05, 0) is 72.1 Å². The average molecular weight is 382 g/mol. The van der Waals surface area contributed by atoms with E-state index < -0.39 is 16.0 Å². The van der Waals surface area contributed by atoms with E-state index in [0.29, 0.717) is 17.1 Å². The molecule has 0 aliphatic rings. The Kier molecular flexibility index (Phi) is 5.20. The summed E-state index contributed by atoms with van der Waals surface area (Å²) < 4.78 is 22.5. The molecule has 0 saturated carbocycles. The standard InChI is InChI=1S/C19H17N3O4S/c1-13-3-2-4-16(11-13)21(15-7-5-14(20)6-8-15)18-10-9-17(27(25)26)12-19(18)22(23)24/h2-12H,20H2,1H3,(H,25,26)/p-1. The van der Waals surface area contributed by atoms with Gasteiger partial charge in [0.2, 0.25) is 0 Å². The fourth-order valence-electron chi connectivity index (χ4n) is 2.76. The van der Waals surface area contributed by atoms with Crippen molar-refractivity contribution in [1.29, 1.82) is 0 Å². The van der Waals surface area contributed by atoms with Crippen molar-refractivity contribution in [2.24, 2.45) is 0 Å². The highest BCUT2D eigenvalue weighted by Gasteiger charge is 2.23. The largest absolute Gasteiger partial charge is 0.768 e. The molecule has 0 radical (unpaired) electrons. The second-order valence-corrected chi connectivity index (χ2v) is 6.85. The highest BCUT2D eigenvalue weighted by Crippen LogP contribution is 2.41. The number of hydrogen-bond acceptors (Lipinski definition) is 6. The van der Waals surface area contributed by atoms with Crippen molar-refractivity contribution in [2.45, 2.75) is 11.8 Å². The van der Waals surface area contributed by atoms with E-state index in [1.54, 1.807) is 29.2 Å². The third-order valence-corrected chi connectivity index (χ3v) is 4.63. The summed E-state index contributed by atoms with van der Waals surface area (Å²) in [6.45, 7) is 1.92. The maximum Gasteiger partial charge on any atom is 0.294 e. The van der Waals surface area contributed by atoms with Crippen molar-refractivity contribution >= 4 is 39.5 Å². The van der Waals surface area contributed by atoms with E-state index in [-0.39, 0.29) is 16.3 Å². The maximum absolute atomic E-state index is 11.6. The van der Waals surface area contributed by atoms with Crippen LogP contribution < -0.4 is 10.6 Å². The molecule has 0 aromatic heterocycles. The van der Waals surface area contributed by atoms with Crippen LogP contribution in [0.15, 0.2) is 71.6 Å². The van der Waals surface area contributed by atoms with Gasteiger partial charge < -0.3 is 15.2 Å². The van der Waals surface area contributed by atoms with Crippen LogP contribution in [0.5, 0.6) is 0 Å². The van der Waals surface area contributed by atoms with Crippen LogP contribution in [0.1, 0.15) is 5.56 Å². The van der Waals surface area contributed by atoms with Crippen molar-refractivity contribution in [3.05, 3.63) is 82.4 Å². The van der Waals surface area contributed by atoms with Crippen molar-refractivity contribution in [3.63, 3.8) is 0 Å². The van der Waals surface area contributed by atoms with Gasteiger partial charge in [-0.25, -0.2) is 0 Å². The molecule has 3 aromatic rings. The first kappa shape index (κ1) is 18.6. The molecule has 138 valence electrons. The number of anilines is 4. The summed E-state index contributed by atoms with van der Waals surface area (Å²) in [4.78, 5) is 12.6. The molecule has 0 saturated heterocycles. The number of nitrogen functional groups attached to an aromatic ring is 1. The van der Waals surface area contributed by atoms with Gasteiger partial charge in [-0.15, -0.1) is 0 Å². The lowest BCUT2D eigenvalue weighted by molar-refractivity contribution is -0.384. The van der Waals surface area contributed by atoms with Gasteiger partial charge in [0.1, 0.15) is 5.69 Å². The molecule has 0 amide bonds. The summed E-state index contributed by atoms with van der Waals surface area (Å²) in [5.74, 6) is 0. The van der Waals surface area contributed by atoms with Crippen LogP contribution >= 0.6 is 0 Å². The minimum Gasteiger partial charge on any atom is -0.768 e. The van der Waals surface area contributed by atoms with Gasteiger partial charge in [0.25, 0.3) is 5.69 Å². The van der Waals surface area contributed by atoms with Crippen molar-refractivity contribution in [1.82, 2.24) is 0 Å². The lowest BCUT2D eigenvalue weighted by atomic mass is 10.1. The summed E-state index contributed by atoms with van der Waals surface area (Å²) in [5.41, 5.74) is 8.62. The van der Waals surface area contributed by atoms with Crippen LogP contribution in [0.3, 0.4) is 0 Å². The minimum atomic E-state index is -2.56. The molecule has 1 atom stereocenters. The highest BCUT2D eigenvalue weighted by atomic mass is 32.2. The number of nitrogens with two attached hydrogens (primary N) is 1. The monoisotopic (exact) mass is 382 g/mol. The second-order valence-electron chi connectivity index (χ2n) is 5.91. The quantitative estimate of drug-likeness (QED) is 0.306. The Morgan fingerprint density at radius 3 is 2.30 bits per heavy atom. The van der Waals surface area contributed by atoms with Crippen molar-refractivity contribution in [2.75, 3.05) is 10.6 Å². The van der Waals surface area contributed by atoms with Gasteiger partial charge >= 0.3 is 0 Å². The van der Waals surface area contributed by atoms with Crippen LogP contribution in [0.25, 0.3) is 0 Å². The van der Waals surface area contributed by atoms with Crippen LogP contribution in [-0.4, -0.2) is 13.7 Å². The molecule has 0 aliphatic carbocycles. The molecule has 0 spiro atoms. The first-order valence-corrected chi connectivity index (χ1v) is 9.04. The fraction of sp³-hybridized carbons (Fsp3) is 0.0526. The highest BCUT2D eigenvalue weighted by molar-refractivity contribution is 7.79. The zero-order chi connectivity index (χ0) is 19.6. The Balaban J connectivity index is 2.26. The molecule has 8 heteroatoms. The SMILES string of the molecule is Cc1cccc(N(c2ccc(N)cc2)c2ccc(S(=O)[O-])cc2[N+](=O)[O-])c1. The third-order valence-electron chi connectivity index (χ3n) is 3.99. The summed E-state index contributed by atoms with van der Waals surface area (Å²) in [5, 5.41) is 11.6. The molecule has 0 bridgehead atoms. The smallest absolute Gasteiger partial charge is 0.294 e. The Morgan fingerprint density at radius 1 is 1.00 bits per heavy atom.